The number of hydrogen-bond donors (Lipinski definition) is 2. The summed E-state index contributed by atoms with van der Waals surface area (Å²) in [6.07, 6.45) is 3.86. The minimum absolute atomic E-state index is 0.130. The van der Waals surface area contributed by atoms with Gasteiger partial charge in [0.25, 0.3) is 5.91 Å². The number of aromatic nitrogens is 2. The van der Waals surface area contributed by atoms with Gasteiger partial charge in [-0.15, -0.1) is 0 Å². The van der Waals surface area contributed by atoms with Crippen LogP contribution in [-0.2, 0) is 4.74 Å². The van der Waals surface area contributed by atoms with Gasteiger partial charge in [-0.3, -0.25) is 9.69 Å². The van der Waals surface area contributed by atoms with Gasteiger partial charge in [0.2, 0.25) is 0 Å². The van der Waals surface area contributed by atoms with Crippen LogP contribution >= 0.6 is 0 Å². The molecule has 19 heavy (non-hydrogen) atoms. The maximum atomic E-state index is 12.0. The van der Waals surface area contributed by atoms with Crippen molar-refractivity contribution in [1.82, 2.24) is 20.2 Å². The number of amides is 1. The minimum Gasteiger partial charge on any atom is -0.383 e. The summed E-state index contributed by atoms with van der Waals surface area (Å²) in [6, 6.07) is 0.130. The van der Waals surface area contributed by atoms with E-state index in [1.54, 1.807) is 7.11 Å². The fraction of sp³-hybridized carbons (Fsp3) is 0.583. The molecule has 0 bridgehead atoms. The number of methoxy groups -OCH3 is 1. The van der Waals surface area contributed by atoms with Crippen molar-refractivity contribution in [1.29, 1.82) is 0 Å². The van der Waals surface area contributed by atoms with Gasteiger partial charge in [0.05, 0.1) is 6.61 Å². The molecule has 0 spiro atoms. The number of hydrogen-bond acceptors (Lipinski definition) is 6. The van der Waals surface area contributed by atoms with Crippen LogP contribution in [0.5, 0.6) is 0 Å². The Morgan fingerprint density at radius 3 is 3.11 bits per heavy atom. The first-order chi connectivity index (χ1) is 9.20. The molecule has 1 saturated heterocycles. The van der Waals surface area contributed by atoms with E-state index in [0.717, 1.165) is 26.1 Å². The number of nitrogens with two attached hydrogens (primary N) is 1. The Morgan fingerprint density at radius 2 is 2.37 bits per heavy atom. The molecule has 1 amide bonds. The number of nitrogens with one attached hydrogen (secondary N) is 1. The van der Waals surface area contributed by atoms with E-state index in [1.807, 2.05) is 0 Å². The highest BCUT2D eigenvalue weighted by Gasteiger charge is 2.24. The number of ether oxygens (including phenoxy) is 1. The third-order valence-electron chi connectivity index (χ3n) is 3.16. The zero-order chi connectivity index (χ0) is 13.7. The standard InChI is InChI=1S/C12H19N5O2/c1-19-7-6-17-5-2-9(8-17)16-12(18)10-11(13)15-4-3-14-10/h3-4,9H,2,5-8H2,1H3,(H2,13,15)(H,16,18). The molecule has 1 aliphatic rings. The Morgan fingerprint density at radius 1 is 1.58 bits per heavy atom. The summed E-state index contributed by atoms with van der Waals surface area (Å²) in [5, 5.41) is 2.94. The van der Waals surface area contributed by atoms with Crippen LogP contribution in [0, 0.1) is 0 Å². The van der Waals surface area contributed by atoms with Crippen LogP contribution in [0.4, 0.5) is 5.82 Å². The van der Waals surface area contributed by atoms with Gasteiger partial charge >= 0.3 is 0 Å². The second kappa shape index (κ2) is 6.44. The lowest BCUT2D eigenvalue weighted by molar-refractivity contribution is 0.0932. The van der Waals surface area contributed by atoms with E-state index in [4.69, 9.17) is 10.5 Å². The molecule has 1 unspecified atom stereocenters. The lowest BCUT2D eigenvalue weighted by atomic mass is 10.2. The van der Waals surface area contributed by atoms with Crippen LogP contribution < -0.4 is 11.1 Å². The van der Waals surface area contributed by atoms with E-state index in [2.05, 4.69) is 20.2 Å². The number of nitrogen functional groups attached to an aromatic ring is 1. The van der Waals surface area contributed by atoms with Crippen LogP contribution in [0.2, 0.25) is 0 Å². The topological polar surface area (TPSA) is 93.4 Å². The molecule has 0 aromatic carbocycles. The molecule has 2 rings (SSSR count). The zero-order valence-corrected chi connectivity index (χ0v) is 11.0. The van der Waals surface area contributed by atoms with Crippen LogP contribution in [0.15, 0.2) is 12.4 Å². The molecule has 1 atom stereocenters. The Kier molecular flexibility index (Phi) is 4.64. The molecule has 2 heterocycles. The highest BCUT2D eigenvalue weighted by molar-refractivity contribution is 5.96. The SMILES string of the molecule is COCCN1CCC(NC(=O)c2nccnc2N)C1. The van der Waals surface area contributed by atoms with Crippen molar-refractivity contribution in [2.45, 2.75) is 12.5 Å². The molecule has 104 valence electrons. The number of likely N-dealkylation sites (tertiary alicyclic amines) is 1. The molecule has 1 aliphatic heterocycles. The molecule has 0 radical (unpaired) electrons. The highest BCUT2D eigenvalue weighted by Crippen LogP contribution is 2.10. The summed E-state index contributed by atoms with van der Waals surface area (Å²) in [5.41, 5.74) is 5.82. The first-order valence-electron chi connectivity index (χ1n) is 6.29. The average Bonchev–Trinajstić information content (AvgIpc) is 2.84. The Hall–Kier alpha value is -1.73. The van der Waals surface area contributed by atoms with Crippen molar-refractivity contribution in [3.63, 3.8) is 0 Å². The Balaban J connectivity index is 1.86. The van der Waals surface area contributed by atoms with Crippen molar-refractivity contribution >= 4 is 11.7 Å². The van der Waals surface area contributed by atoms with Crippen LogP contribution in [0.1, 0.15) is 16.9 Å². The van der Waals surface area contributed by atoms with Crippen molar-refractivity contribution < 1.29 is 9.53 Å². The molecule has 1 fully saturated rings. The quantitative estimate of drug-likeness (QED) is 0.746. The normalized spacial score (nSPS) is 19.5. The van der Waals surface area contributed by atoms with Crippen LogP contribution in [0.3, 0.4) is 0 Å². The molecular weight excluding hydrogens is 246 g/mol. The third kappa shape index (κ3) is 3.62. The van der Waals surface area contributed by atoms with E-state index < -0.39 is 0 Å². The third-order valence-corrected chi connectivity index (χ3v) is 3.16. The summed E-state index contributed by atoms with van der Waals surface area (Å²) in [7, 11) is 1.69. The molecule has 0 aliphatic carbocycles. The van der Waals surface area contributed by atoms with Gasteiger partial charge in [-0.25, -0.2) is 9.97 Å². The van der Waals surface area contributed by atoms with Gasteiger partial charge < -0.3 is 15.8 Å². The summed E-state index contributed by atoms with van der Waals surface area (Å²) >= 11 is 0. The number of carbonyl (C=O) groups is 1. The highest BCUT2D eigenvalue weighted by atomic mass is 16.5. The molecular formula is C12H19N5O2. The largest absolute Gasteiger partial charge is 0.383 e. The Bertz CT molecular complexity index is 440. The van der Waals surface area contributed by atoms with E-state index >= 15 is 0 Å². The second-order valence-corrected chi connectivity index (χ2v) is 4.54. The molecule has 7 nitrogen and oxygen atoms in total. The van der Waals surface area contributed by atoms with E-state index in [0.29, 0.717) is 6.61 Å². The number of rotatable bonds is 5. The molecule has 1 aromatic rings. The van der Waals surface area contributed by atoms with Crippen LogP contribution in [0.25, 0.3) is 0 Å². The predicted octanol–water partition coefficient (Wildman–Crippen LogP) is -0.491. The molecule has 7 heteroatoms. The second-order valence-electron chi connectivity index (χ2n) is 4.54. The van der Waals surface area contributed by atoms with E-state index in [9.17, 15) is 4.79 Å². The fourth-order valence-electron chi connectivity index (χ4n) is 2.15. The van der Waals surface area contributed by atoms with Gasteiger partial charge in [0.15, 0.2) is 11.5 Å². The lowest BCUT2D eigenvalue weighted by Gasteiger charge is -2.16. The smallest absolute Gasteiger partial charge is 0.273 e. The average molecular weight is 265 g/mol. The maximum Gasteiger partial charge on any atom is 0.273 e. The summed E-state index contributed by atoms with van der Waals surface area (Å²) in [5.74, 6) is -0.0987. The minimum atomic E-state index is -0.260. The van der Waals surface area contributed by atoms with Gasteiger partial charge in [-0.1, -0.05) is 0 Å². The monoisotopic (exact) mass is 265 g/mol. The number of carbonyl (C=O) groups excluding carboxylic acids is 1. The van der Waals surface area contributed by atoms with E-state index in [-0.39, 0.29) is 23.5 Å². The number of nitrogens with zero attached hydrogens (tertiary/aromatic N) is 3. The predicted molar refractivity (Wildman–Crippen MR) is 70.6 cm³/mol. The van der Waals surface area contributed by atoms with Crippen molar-refractivity contribution in [3.8, 4) is 0 Å². The van der Waals surface area contributed by atoms with Gasteiger partial charge in [0.1, 0.15) is 0 Å². The van der Waals surface area contributed by atoms with Gasteiger partial charge in [-0.2, -0.15) is 0 Å². The first-order valence-corrected chi connectivity index (χ1v) is 6.29. The molecule has 1 aromatic heterocycles. The van der Waals surface area contributed by atoms with Crippen LogP contribution in [-0.4, -0.2) is 60.2 Å². The fourth-order valence-corrected chi connectivity index (χ4v) is 2.15. The Labute approximate surface area is 112 Å². The van der Waals surface area contributed by atoms with Gasteiger partial charge in [-0.05, 0) is 6.42 Å². The first kappa shape index (κ1) is 13.7. The maximum absolute atomic E-state index is 12.0. The summed E-state index contributed by atoms with van der Waals surface area (Å²) < 4.78 is 5.04. The zero-order valence-electron chi connectivity index (χ0n) is 11.0. The summed E-state index contributed by atoms with van der Waals surface area (Å²) in [6.45, 7) is 3.38. The number of anilines is 1. The van der Waals surface area contributed by atoms with Gasteiger partial charge in [0, 0.05) is 45.2 Å². The van der Waals surface area contributed by atoms with Crippen molar-refractivity contribution in [2.75, 3.05) is 39.1 Å². The summed E-state index contributed by atoms with van der Waals surface area (Å²) in [4.78, 5) is 22.1. The lowest BCUT2D eigenvalue weighted by Crippen LogP contribution is -2.38. The molecule has 3 N–H and O–H groups in total. The molecule has 0 saturated carbocycles. The van der Waals surface area contributed by atoms with Crippen molar-refractivity contribution in [2.24, 2.45) is 0 Å². The van der Waals surface area contributed by atoms with Crippen molar-refractivity contribution in [3.05, 3.63) is 18.1 Å². The van der Waals surface area contributed by atoms with E-state index in [1.165, 1.54) is 12.4 Å².